The fourth-order valence-corrected chi connectivity index (χ4v) is 4.58. The standard InChI is InChI=1S/C21H29ClN4OS/c1-3-17-7-6-8-19(20(17)22)26-13-12-25(16(2)15-26)11-5-4-10-23-21(27)18-9-14-28-24-18/h6-9,14,16H,3-5,10-13,15H2,1-2H3,(H,23,27). The first-order valence-electron chi connectivity index (χ1n) is 10.0. The van der Waals surface area contributed by atoms with Gasteiger partial charge in [0.1, 0.15) is 5.69 Å². The molecule has 1 amide bonds. The highest BCUT2D eigenvalue weighted by Gasteiger charge is 2.24. The Morgan fingerprint density at radius 1 is 1.32 bits per heavy atom. The third-order valence-corrected chi connectivity index (χ3v) is 6.37. The third-order valence-electron chi connectivity index (χ3n) is 5.37. The second-order valence-corrected chi connectivity index (χ2v) is 8.33. The van der Waals surface area contributed by atoms with E-state index in [1.165, 1.54) is 17.1 Å². The lowest BCUT2D eigenvalue weighted by molar-refractivity contribution is 0.0948. The Kier molecular flexibility index (Phi) is 7.71. The zero-order chi connectivity index (χ0) is 19.9. The van der Waals surface area contributed by atoms with E-state index < -0.39 is 0 Å². The topological polar surface area (TPSA) is 48.5 Å². The molecule has 152 valence electrons. The molecule has 0 spiro atoms. The zero-order valence-corrected chi connectivity index (χ0v) is 18.2. The number of amides is 1. The molecule has 0 saturated carbocycles. The first-order valence-corrected chi connectivity index (χ1v) is 11.3. The summed E-state index contributed by atoms with van der Waals surface area (Å²) in [6.07, 6.45) is 3.02. The molecule has 0 radical (unpaired) electrons. The molecule has 1 aromatic carbocycles. The number of rotatable bonds is 8. The van der Waals surface area contributed by atoms with Crippen molar-refractivity contribution >= 4 is 34.7 Å². The van der Waals surface area contributed by atoms with Crippen LogP contribution in [-0.2, 0) is 6.42 Å². The van der Waals surface area contributed by atoms with Gasteiger partial charge in [-0.2, -0.15) is 4.37 Å². The Bertz CT molecular complexity index is 768. The summed E-state index contributed by atoms with van der Waals surface area (Å²) in [6.45, 7) is 9.22. The van der Waals surface area contributed by atoms with Gasteiger partial charge < -0.3 is 10.2 Å². The van der Waals surface area contributed by atoms with Gasteiger partial charge in [0.2, 0.25) is 0 Å². The maximum atomic E-state index is 11.9. The van der Waals surface area contributed by atoms with Crippen molar-refractivity contribution in [3.63, 3.8) is 0 Å². The van der Waals surface area contributed by atoms with Crippen molar-refractivity contribution in [3.8, 4) is 0 Å². The number of unbranched alkanes of at least 4 members (excludes halogenated alkanes) is 1. The lowest BCUT2D eigenvalue weighted by Gasteiger charge is -2.41. The summed E-state index contributed by atoms with van der Waals surface area (Å²) >= 11 is 7.92. The number of hydrogen-bond acceptors (Lipinski definition) is 5. The summed E-state index contributed by atoms with van der Waals surface area (Å²) in [6, 6.07) is 8.59. The summed E-state index contributed by atoms with van der Waals surface area (Å²) in [5.41, 5.74) is 2.90. The van der Waals surface area contributed by atoms with Gasteiger partial charge in [0.15, 0.2) is 0 Å². The minimum Gasteiger partial charge on any atom is -0.367 e. The largest absolute Gasteiger partial charge is 0.367 e. The minimum absolute atomic E-state index is 0.0746. The molecule has 28 heavy (non-hydrogen) atoms. The number of benzene rings is 1. The van der Waals surface area contributed by atoms with Crippen LogP contribution in [0.25, 0.3) is 0 Å². The van der Waals surface area contributed by atoms with E-state index in [2.05, 4.69) is 51.5 Å². The van der Waals surface area contributed by atoms with Crippen molar-refractivity contribution < 1.29 is 4.79 Å². The molecule has 2 heterocycles. The maximum Gasteiger partial charge on any atom is 0.270 e. The van der Waals surface area contributed by atoms with Crippen LogP contribution in [0.2, 0.25) is 5.02 Å². The number of carbonyl (C=O) groups is 1. The number of nitrogens with zero attached hydrogens (tertiary/aromatic N) is 3. The molecule has 1 aliphatic rings. The van der Waals surface area contributed by atoms with E-state index in [1.807, 2.05) is 5.38 Å². The maximum absolute atomic E-state index is 11.9. The molecule has 1 aromatic heterocycles. The van der Waals surface area contributed by atoms with Gasteiger partial charge in [-0.05, 0) is 62.0 Å². The van der Waals surface area contributed by atoms with Crippen molar-refractivity contribution in [2.45, 2.75) is 39.2 Å². The lowest BCUT2D eigenvalue weighted by atomic mass is 10.1. The summed E-state index contributed by atoms with van der Waals surface area (Å²) in [5, 5.41) is 5.67. The van der Waals surface area contributed by atoms with E-state index in [1.54, 1.807) is 6.07 Å². The Labute approximate surface area is 176 Å². The molecule has 1 aliphatic heterocycles. The van der Waals surface area contributed by atoms with Crippen LogP contribution in [-0.4, -0.2) is 53.9 Å². The Balaban J connectivity index is 1.40. The highest BCUT2D eigenvalue weighted by Crippen LogP contribution is 2.31. The van der Waals surface area contributed by atoms with Crippen LogP contribution in [0.4, 0.5) is 5.69 Å². The molecule has 1 N–H and O–H groups in total. The molecular formula is C21H29ClN4OS. The molecule has 1 unspecified atom stereocenters. The normalized spacial score (nSPS) is 17.7. The lowest BCUT2D eigenvalue weighted by Crippen LogP contribution is -2.52. The molecule has 0 bridgehead atoms. The molecule has 2 aromatic rings. The van der Waals surface area contributed by atoms with Crippen LogP contribution in [0.5, 0.6) is 0 Å². The summed E-state index contributed by atoms with van der Waals surface area (Å²) in [5.74, 6) is -0.0746. The van der Waals surface area contributed by atoms with Gasteiger partial charge in [-0.3, -0.25) is 9.69 Å². The quantitative estimate of drug-likeness (QED) is 0.653. The van der Waals surface area contributed by atoms with E-state index in [4.69, 9.17) is 11.6 Å². The van der Waals surface area contributed by atoms with E-state index in [-0.39, 0.29) is 5.91 Å². The van der Waals surface area contributed by atoms with Gasteiger partial charge in [0, 0.05) is 37.6 Å². The van der Waals surface area contributed by atoms with Crippen molar-refractivity contribution in [1.82, 2.24) is 14.6 Å². The monoisotopic (exact) mass is 420 g/mol. The molecule has 0 aliphatic carbocycles. The average molecular weight is 421 g/mol. The SMILES string of the molecule is CCc1cccc(N2CCN(CCCCNC(=O)c3ccsn3)C(C)C2)c1Cl. The second kappa shape index (κ2) is 10.2. The predicted octanol–water partition coefficient (Wildman–Crippen LogP) is 4.08. The van der Waals surface area contributed by atoms with Gasteiger partial charge in [-0.15, -0.1) is 0 Å². The second-order valence-electron chi connectivity index (χ2n) is 7.28. The van der Waals surface area contributed by atoms with Crippen molar-refractivity contribution in [1.29, 1.82) is 0 Å². The zero-order valence-electron chi connectivity index (χ0n) is 16.7. The predicted molar refractivity (Wildman–Crippen MR) is 118 cm³/mol. The minimum atomic E-state index is -0.0746. The Morgan fingerprint density at radius 3 is 2.89 bits per heavy atom. The number of halogens is 1. The van der Waals surface area contributed by atoms with Gasteiger partial charge in [0.05, 0.1) is 10.7 Å². The number of anilines is 1. The highest BCUT2D eigenvalue weighted by molar-refractivity contribution is 7.03. The molecule has 7 heteroatoms. The van der Waals surface area contributed by atoms with Crippen molar-refractivity contribution in [2.75, 3.05) is 37.6 Å². The molecule has 1 saturated heterocycles. The number of piperazine rings is 1. The van der Waals surface area contributed by atoms with Crippen LogP contribution < -0.4 is 10.2 Å². The summed E-state index contributed by atoms with van der Waals surface area (Å²) in [4.78, 5) is 16.8. The molecule has 5 nitrogen and oxygen atoms in total. The van der Waals surface area contributed by atoms with Gasteiger partial charge in [-0.1, -0.05) is 30.7 Å². The summed E-state index contributed by atoms with van der Waals surface area (Å²) in [7, 11) is 0. The number of aryl methyl sites for hydroxylation is 1. The van der Waals surface area contributed by atoms with Gasteiger partial charge in [0.25, 0.3) is 5.91 Å². The first-order chi connectivity index (χ1) is 13.6. The van der Waals surface area contributed by atoms with Crippen LogP contribution in [0.15, 0.2) is 29.6 Å². The fourth-order valence-electron chi connectivity index (χ4n) is 3.69. The molecular weight excluding hydrogens is 392 g/mol. The van der Waals surface area contributed by atoms with Crippen molar-refractivity contribution in [3.05, 3.63) is 45.9 Å². The van der Waals surface area contributed by atoms with E-state index in [0.717, 1.165) is 56.2 Å². The van der Waals surface area contributed by atoms with Crippen LogP contribution in [0.3, 0.4) is 0 Å². The number of aromatic nitrogens is 1. The molecule has 3 rings (SSSR count). The van der Waals surface area contributed by atoms with Gasteiger partial charge >= 0.3 is 0 Å². The number of nitrogens with one attached hydrogen (secondary N) is 1. The highest BCUT2D eigenvalue weighted by atomic mass is 35.5. The summed E-state index contributed by atoms with van der Waals surface area (Å²) < 4.78 is 4.05. The van der Waals surface area contributed by atoms with E-state index in [9.17, 15) is 4.79 Å². The average Bonchev–Trinajstić information content (AvgIpc) is 3.24. The Morgan fingerprint density at radius 2 is 2.18 bits per heavy atom. The van der Waals surface area contributed by atoms with E-state index in [0.29, 0.717) is 18.3 Å². The van der Waals surface area contributed by atoms with Crippen LogP contribution in [0.1, 0.15) is 42.7 Å². The molecule has 1 atom stereocenters. The fraction of sp³-hybridized carbons (Fsp3) is 0.524. The van der Waals surface area contributed by atoms with Crippen molar-refractivity contribution in [2.24, 2.45) is 0 Å². The Hall–Kier alpha value is -1.63. The first kappa shape index (κ1) is 21.1. The van der Waals surface area contributed by atoms with Crippen LogP contribution >= 0.6 is 23.1 Å². The van der Waals surface area contributed by atoms with E-state index >= 15 is 0 Å². The molecule has 1 fully saturated rings. The smallest absolute Gasteiger partial charge is 0.270 e. The number of carbonyl (C=O) groups excluding carboxylic acids is 1. The third kappa shape index (κ3) is 5.25. The van der Waals surface area contributed by atoms with Crippen LogP contribution in [0, 0.1) is 0 Å². The van der Waals surface area contributed by atoms with Gasteiger partial charge in [-0.25, -0.2) is 0 Å². The number of hydrogen-bond donors (Lipinski definition) is 1.